The third-order valence-corrected chi connectivity index (χ3v) is 3.87. The first-order chi connectivity index (χ1) is 12.1. The smallest absolute Gasteiger partial charge is 0.257 e. The minimum absolute atomic E-state index is 0.199. The number of fused-ring (bicyclic) bond motifs is 1. The Kier molecular flexibility index (Phi) is 3.61. The molecule has 1 N–H and O–H groups in total. The van der Waals surface area contributed by atoms with E-state index in [1.165, 1.54) is 6.20 Å². The van der Waals surface area contributed by atoms with Gasteiger partial charge in [-0.15, -0.1) is 0 Å². The zero-order chi connectivity index (χ0) is 17.4. The molecule has 7 heteroatoms. The predicted molar refractivity (Wildman–Crippen MR) is 91.4 cm³/mol. The van der Waals surface area contributed by atoms with Crippen LogP contribution in [0.4, 0.5) is 5.69 Å². The van der Waals surface area contributed by atoms with Crippen LogP contribution in [0.2, 0.25) is 0 Å². The second-order valence-electron chi connectivity index (χ2n) is 5.77. The van der Waals surface area contributed by atoms with Gasteiger partial charge in [-0.25, -0.2) is 9.67 Å². The highest BCUT2D eigenvalue weighted by Gasteiger charge is 2.15. The second kappa shape index (κ2) is 5.94. The molecule has 0 bridgehead atoms. The van der Waals surface area contributed by atoms with E-state index in [4.69, 9.17) is 9.47 Å². The number of nitrogens with zero attached hydrogens (tertiary/aromatic N) is 3. The molecule has 1 amide bonds. The number of carbonyl (C=O) groups is 1. The van der Waals surface area contributed by atoms with Crippen LogP contribution in [-0.2, 0) is 0 Å². The van der Waals surface area contributed by atoms with Crippen molar-refractivity contribution in [1.82, 2.24) is 14.8 Å². The van der Waals surface area contributed by atoms with E-state index in [9.17, 15) is 4.79 Å². The van der Waals surface area contributed by atoms with E-state index < -0.39 is 0 Å². The average molecular weight is 336 g/mol. The molecule has 0 radical (unpaired) electrons. The van der Waals surface area contributed by atoms with E-state index in [-0.39, 0.29) is 12.7 Å². The van der Waals surface area contributed by atoms with Crippen LogP contribution in [0.3, 0.4) is 0 Å². The van der Waals surface area contributed by atoms with E-state index in [1.54, 1.807) is 35.0 Å². The van der Waals surface area contributed by atoms with E-state index in [2.05, 4.69) is 15.4 Å². The Balaban J connectivity index is 1.52. The topological polar surface area (TPSA) is 78.3 Å². The highest BCUT2D eigenvalue weighted by Crippen LogP contribution is 2.34. The Bertz CT molecular complexity index is 947. The van der Waals surface area contributed by atoms with Gasteiger partial charge in [-0.05, 0) is 44.2 Å². The summed E-state index contributed by atoms with van der Waals surface area (Å²) in [6.45, 7) is 4.09. The van der Waals surface area contributed by atoms with Crippen molar-refractivity contribution in [3.63, 3.8) is 0 Å². The summed E-state index contributed by atoms with van der Waals surface area (Å²) in [5.74, 6) is 1.72. The van der Waals surface area contributed by atoms with Gasteiger partial charge in [0, 0.05) is 23.6 Å². The molecular weight excluding hydrogens is 320 g/mol. The highest BCUT2D eigenvalue weighted by molar-refractivity contribution is 6.04. The van der Waals surface area contributed by atoms with Gasteiger partial charge in [0.1, 0.15) is 0 Å². The molecule has 25 heavy (non-hydrogen) atoms. The normalized spacial score (nSPS) is 12.2. The van der Waals surface area contributed by atoms with Gasteiger partial charge in [-0.3, -0.25) is 4.79 Å². The quantitative estimate of drug-likeness (QED) is 0.796. The lowest BCUT2D eigenvalue weighted by Gasteiger charge is -2.07. The summed E-state index contributed by atoms with van der Waals surface area (Å²) in [7, 11) is 0. The molecule has 1 aliphatic heterocycles. The zero-order valence-corrected chi connectivity index (χ0v) is 13.8. The van der Waals surface area contributed by atoms with Crippen molar-refractivity contribution in [3.8, 4) is 17.3 Å². The summed E-state index contributed by atoms with van der Waals surface area (Å²) in [6, 6.07) is 10.7. The number of anilines is 1. The van der Waals surface area contributed by atoms with Gasteiger partial charge in [0.2, 0.25) is 6.79 Å². The van der Waals surface area contributed by atoms with Crippen LogP contribution in [0.15, 0.2) is 42.6 Å². The van der Waals surface area contributed by atoms with Gasteiger partial charge in [0.05, 0.1) is 11.3 Å². The molecule has 4 rings (SSSR count). The van der Waals surface area contributed by atoms with Gasteiger partial charge in [-0.2, -0.15) is 5.10 Å². The third-order valence-electron chi connectivity index (χ3n) is 3.87. The maximum atomic E-state index is 12.4. The standard InChI is InChI=1S/C18H16N4O3/c1-11-7-12(2)22(21-11)17-6-3-13(9-19-17)18(23)20-14-4-5-15-16(8-14)25-10-24-15/h3-9H,10H2,1-2H3,(H,20,23). The number of nitrogens with one attached hydrogen (secondary N) is 1. The number of benzene rings is 1. The van der Waals surface area contributed by atoms with E-state index >= 15 is 0 Å². The second-order valence-corrected chi connectivity index (χ2v) is 5.77. The molecule has 0 unspecified atom stereocenters. The summed E-state index contributed by atoms with van der Waals surface area (Å²) < 4.78 is 12.3. The first kappa shape index (κ1) is 15.2. The van der Waals surface area contributed by atoms with Gasteiger partial charge < -0.3 is 14.8 Å². The molecule has 0 spiro atoms. The fourth-order valence-corrected chi connectivity index (χ4v) is 2.68. The number of ether oxygens (including phenoxy) is 2. The number of aryl methyl sites for hydroxylation is 2. The first-order valence-corrected chi connectivity index (χ1v) is 7.81. The molecule has 0 fully saturated rings. The van der Waals surface area contributed by atoms with Crippen LogP contribution in [0.5, 0.6) is 11.5 Å². The van der Waals surface area contributed by atoms with E-state index in [0.717, 1.165) is 11.4 Å². The lowest BCUT2D eigenvalue weighted by Crippen LogP contribution is -2.13. The number of amides is 1. The summed E-state index contributed by atoms with van der Waals surface area (Å²) in [4.78, 5) is 16.7. The van der Waals surface area contributed by atoms with Gasteiger partial charge in [0.25, 0.3) is 5.91 Å². The van der Waals surface area contributed by atoms with Gasteiger partial charge >= 0.3 is 0 Å². The molecular formula is C18H16N4O3. The minimum Gasteiger partial charge on any atom is -0.454 e. The number of hydrogen-bond acceptors (Lipinski definition) is 5. The zero-order valence-electron chi connectivity index (χ0n) is 13.8. The van der Waals surface area contributed by atoms with Crippen molar-refractivity contribution in [2.75, 3.05) is 12.1 Å². The van der Waals surface area contributed by atoms with Crippen molar-refractivity contribution < 1.29 is 14.3 Å². The van der Waals surface area contributed by atoms with Gasteiger partial charge in [0.15, 0.2) is 17.3 Å². The number of pyridine rings is 1. The van der Waals surface area contributed by atoms with Crippen LogP contribution in [0.1, 0.15) is 21.7 Å². The summed E-state index contributed by atoms with van der Waals surface area (Å²) in [6.07, 6.45) is 1.54. The first-order valence-electron chi connectivity index (χ1n) is 7.81. The van der Waals surface area contributed by atoms with Crippen LogP contribution < -0.4 is 14.8 Å². The highest BCUT2D eigenvalue weighted by atomic mass is 16.7. The maximum Gasteiger partial charge on any atom is 0.257 e. The van der Waals surface area contributed by atoms with Crippen LogP contribution >= 0.6 is 0 Å². The van der Waals surface area contributed by atoms with E-state index in [0.29, 0.717) is 28.6 Å². The Labute approximate surface area is 144 Å². The number of hydrogen-bond donors (Lipinski definition) is 1. The van der Waals surface area contributed by atoms with Crippen LogP contribution in [0, 0.1) is 13.8 Å². The van der Waals surface area contributed by atoms with Gasteiger partial charge in [-0.1, -0.05) is 0 Å². The maximum absolute atomic E-state index is 12.4. The molecule has 3 heterocycles. The molecule has 0 saturated heterocycles. The molecule has 1 aromatic carbocycles. The van der Waals surface area contributed by atoms with Crippen LogP contribution in [-0.4, -0.2) is 27.5 Å². The van der Waals surface area contributed by atoms with Crippen molar-refractivity contribution in [1.29, 1.82) is 0 Å². The molecule has 0 aliphatic carbocycles. The SMILES string of the molecule is Cc1cc(C)n(-c2ccc(C(=O)Nc3ccc4c(c3)OCO4)cn2)n1. The summed E-state index contributed by atoms with van der Waals surface area (Å²) in [5, 5.41) is 7.21. The lowest BCUT2D eigenvalue weighted by atomic mass is 10.2. The Morgan fingerprint density at radius 1 is 1.12 bits per heavy atom. The predicted octanol–water partition coefficient (Wildman–Crippen LogP) is 2.87. The van der Waals surface area contributed by atoms with Crippen molar-refractivity contribution in [2.45, 2.75) is 13.8 Å². The molecule has 2 aromatic heterocycles. The Morgan fingerprint density at radius 3 is 2.68 bits per heavy atom. The minimum atomic E-state index is -0.244. The lowest BCUT2D eigenvalue weighted by molar-refractivity contribution is 0.102. The largest absolute Gasteiger partial charge is 0.454 e. The van der Waals surface area contributed by atoms with Crippen molar-refractivity contribution in [3.05, 3.63) is 59.5 Å². The van der Waals surface area contributed by atoms with E-state index in [1.807, 2.05) is 19.9 Å². The fourth-order valence-electron chi connectivity index (χ4n) is 2.68. The van der Waals surface area contributed by atoms with Crippen molar-refractivity contribution in [2.24, 2.45) is 0 Å². The molecule has 0 saturated carbocycles. The number of carbonyl (C=O) groups excluding carboxylic acids is 1. The number of aromatic nitrogens is 3. The fraction of sp³-hybridized carbons (Fsp3) is 0.167. The number of rotatable bonds is 3. The molecule has 7 nitrogen and oxygen atoms in total. The van der Waals surface area contributed by atoms with Crippen LogP contribution in [0.25, 0.3) is 5.82 Å². The molecule has 126 valence electrons. The molecule has 1 aliphatic rings. The molecule has 3 aromatic rings. The average Bonchev–Trinajstić information content (AvgIpc) is 3.20. The summed E-state index contributed by atoms with van der Waals surface area (Å²) in [5.41, 5.74) is 3.01. The third kappa shape index (κ3) is 2.91. The Morgan fingerprint density at radius 2 is 1.96 bits per heavy atom. The van der Waals surface area contributed by atoms with Crippen molar-refractivity contribution >= 4 is 11.6 Å². The Hall–Kier alpha value is -3.35. The molecule has 0 atom stereocenters. The summed E-state index contributed by atoms with van der Waals surface area (Å²) >= 11 is 0. The monoisotopic (exact) mass is 336 g/mol.